The van der Waals surface area contributed by atoms with Gasteiger partial charge in [-0.15, -0.1) is 0 Å². The number of urea groups is 1. The molecule has 0 aliphatic heterocycles. The summed E-state index contributed by atoms with van der Waals surface area (Å²) in [6.45, 7) is 1.82. The predicted octanol–water partition coefficient (Wildman–Crippen LogP) is 0.756. The van der Waals surface area contributed by atoms with E-state index in [1.165, 1.54) is 6.07 Å². The van der Waals surface area contributed by atoms with E-state index in [4.69, 9.17) is 0 Å². The third-order valence-electron chi connectivity index (χ3n) is 2.82. The SMILES string of the molecule is CCNC(=O)NC(=O)Cn1nc(-c2ccccc2)ccc1=O. The fourth-order valence-electron chi connectivity index (χ4n) is 1.83. The first-order valence-electron chi connectivity index (χ1n) is 6.81. The van der Waals surface area contributed by atoms with Crippen LogP contribution in [0.1, 0.15) is 6.92 Å². The predicted molar refractivity (Wildman–Crippen MR) is 81.1 cm³/mol. The zero-order valence-electron chi connectivity index (χ0n) is 12.1. The molecule has 22 heavy (non-hydrogen) atoms. The Hall–Kier alpha value is -2.96. The molecule has 1 heterocycles. The van der Waals surface area contributed by atoms with Crippen LogP contribution in [0.25, 0.3) is 11.3 Å². The number of carbonyl (C=O) groups excluding carboxylic acids is 2. The lowest BCUT2D eigenvalue weighted by atomic mass is 10.1. The van der Waals surface area contributed by atoms with E-state index in [2.05, 4.69) is 15.7 Å². The molecule has 1 aromatic carbocycles. The fourth-order valence-corrected chi connectivity index (χ4v) is 1.83. The van der Waals surface area contributed by atoms with Crippen molar-refractivity contribution in [1.29, 1.82) is 0 Å². The smallest absolute Gasteiger partial charge is 0.321 e. The minimum absolute atomic E-state index is 0.323. The molecule has 0 fully saturated rings. The van der Waals surface area contributed by atoms with Gasteiger partial charge in [-0.25, -0.2) is 9.48 Å². The van der Waals surface area contributed by atoms with Crippen molar-refractivity contribution in [3.05, 3.63) is 52.8 Å². The van der Waals surface area contributed by atoms with Crippen molar-refractivity contribution in [1.82, 2.24) is 20.4 Å². The first-order valence-corrected chi connectivity index (χ1v) is 6.81. The van der Waals surface area contributed by atoms with Crippen LogP contribution in [0.4, 0.5) is 4.79 Å². The van der Waals surface area contributed by atoms with Gasteiger partial charge in [-0.3, -0.25) is 14.9 Å². The molecule has 114 valence electrons. The van der Waals surface area contributed by atoms with E-state index >= 15 is 0 Å². The molecular formula is C15H16N4O3. The van der Waals surface area contributed by atoms with Gasteiger partial charge >= 0.3 is 6.03 Å². The molecule has 2 N–H and O–H groups in total. The number of nitrogens with zero attached hydrogens (tertiary/aromatic N) is 2. The minimum Gasteiger partial charge on any atom is -0.338 e. The number of nitrogens with one attached hydrogen (secondary N) is 2. The highest BCUT2D eigenvalue weighted by Crippen LogP contribution is 2.13. The second-order valence-corrected chi connectivity index (χ2v) is 4.49. The van der Waals surface area contributed by atoms with E-state index in [1.54, 1.807) is 13.0 Å². The van der Waals surface area contributed by atoms with Crippen LogP contribution in [0.3, 0.4) is 0 Å². The van der Waals surface area contributed by atoms with Crippen LogP contribution in [0.5, 0.6) is 0 Å². The van der Waals surface area contributed by atoms with Crippen molar-refractivity contribution in [2.75, 3.05) is 6.54 Å². The van der Waals surface area contributed by atoms with Crippen molar-refractivity contribution < 1.29 is 9.59 Å². The van der Waals surface area contributed by atoms with Gasteiger partial charge in [0.05, 0.1) is 5.69 Å². The summed E-state index contributed by atoms with van der Waals surface area (Å²) >= 11 is 0. The highest BCUT2D eigenvalue weighted by atomic mass is 16.2. The van der Waals surface area contributed by atoms with Crippen molar-refractivity contribution >= 4 is 11.9 Å². The second kappa shape index (κ2) is 7.16. The third kappa shape index (κ3) is 4.02. The number of aromatic nitrogens is 2. The first-order chi connectivity index (χ1) is 10.6. The number of hydrogen-bond donors (Lipinski definition) is 2. The van der Waals surface area contributed by atoms with E-state index in [0.717, 1.165) is 10.2 Å². The maximum atomic E-state index is 11.8. The number of carbonyl (C=O) groups is 2. The van der Waals surface area contributed by atoms with Gasteiger partial charge < -0.3 is 5.32 Å². The monoisotopic (exact) mass is 300 g/mol. The van der Waals surface area contributed by atoms with Crippen LogP contribution in [-0.2, 0) is 11.3 Å². The summed E-state index contributed by atoms with van der Waals surface area (Å²) in [6, 6.07) is 11.6. The van der Waals surface area contributed by atoms with Gasteiger partial charge in [0.1, 0.15) is 6.54 Å². The van der Waals surface area contributed by atoms with Crippen LogP contribution in [-0.4, -0.2) is 28.3 Å². The van der Waals surface area contributed by atoms with Crippen LogP contribution in [0, 0.1) is 0 Å². The van der Waals surface area contributed by atoms with Gasteiger partial charge in [0, 0.05) is 18.2 Å². The summed E-state index contributed by atoms with van der Waals surface area (Å²) < 4.78 is 1.02. The Labute approximate surface area is 127 Å². The summed E-state index contributed by atoms with van der Waals surface area (Å²) in [6.07, 6.45) is 0. The van der Waals surface area contributed by atoms with Crippen molar-refractivity contribution in [2.24, 2.45) is 0 Å². The Bertz CT molecular complexity index is 725. The Morgan fingerprint density at radius 2 is 1.86 bits per heavy atom. The third-order valence-corrected chi connectivity index (χ3v) is 2.82. The molecule has 0 radical (unpaired) electrons. The van der Waals surface area contributed by atoms with Crippen LogP contribution >= 0.6 is 0 Å². The Morgan fingerprint density at radius 1 is 1.14 bits per heavy atom. The van der Waals surface area contributed by atoms with Gasteiger partial charge in [-0.1, -0.05) is 30.3 Å². The average molecular weight is 300 g/mol. The van der Waals surface area contributed by atoms with Crippen LogP contribution in [0.15, 0.2) is 47.3 Å². The first kappa shape index (κ1) is 15.4. The molecule has 0 atom stereocenters. The molecule has 0 saturated heterocycles. The lowest BCUT2D eigenvalue weighted by Crippen LogP contribution is -2.42. The van der Waals surface area contributed by atoms with Crippen molar-refractivity contribution in [3.8, 4) is 11.3 Å². The summed E-state index contributed by atoms with van der Waals surface area (Å²) in [5, 5.41) is 8.71. The van der Waals surface area contributed by atoms with Gasteiger partial charge in [-0.2, -0.15) is 5.10 Å². The minimum atomic E-state index is -0.606. The highest BCUT2D eigenvalue weighted by molar-refractivity contribution is 5.94. The van der Waals surface area contributed by atoms with Gasteiger partial charge in [-0.05, 0) is 13.0 Å². The molecule has 2 aromatic rings. The maximum absolute atomic E-state index is 11.8. The molecule has 0 unspecified atom stereocenters. The molecule has 2 rings (SSSR count). The second-order valence-electron chi connectivity index (χ2n) is 4.49. The molecule has 0 spiro atoms. The molecule has 7 heteroatoms. The van der Waals surface area contributed by atoms with E-state index in [-0.39, 0.29) is 6.54 Å². The number of rotatable bonds is 4. The Balaban J connectivity index is 2.16. The standard InChI is InChI=1S/C15H16N4O3/c1-2-16-15(22)17-13(20)10-19-14(21)9-8-12(18-19)11-6-4-3-5-7-11/h3-9H,2,10H2,1H3,(H2,16,17,20,22). The number of imide groups is 1. The molecule has 1 aromatic heterocycles. The van der Waals surface area contributed by atoms with Crippen LogP contribution in [0.2, 0.25) is 0 Å². The van der Waals surface area contributed by atoms with Crippen molar-refractivity contribution in [2.45, 2.75) is 13.5 Å². The van der Waals surface area contributed by atoms with E-state index in [1.807, 2.05) is 30.3 Å². The quantitative estimate of drug-likeness (QED) is 0.871. The van der Waals surface area contributed by atoms with Gasteiger partial charge in [0.25, 0.3) is 5.56 Å². The fraction of sp³-hybridized carbons (Fsp3) is 0.200. The number of amides is 3. The zero-order valence-corrected chi connectivity index (χ0v) is 12.1. The average Bonchev–Trinajstić information content (AvgIpc) is 2.50. The molecule has 0 saturated carbocycles. The molecule has 7 nitrogen and oxygen atoms in total. The van der Waals surface area contributed by atoms with Gasteiger partial charge in [0.2, 0.25) is 5.91 Å². The molecule has 0 bridgehead atoms. The van der Waals surface area contributed by atoms with Gasteiger partial charge in [0.15, 0.2) is 0 Å². The number of benzene rings is 1. The van der Waals surface area contributed by atoms with E-state index < -0.39 is 17.5 Å². The molecule has 0 aliphatic carbocycles. The zero-order chi connectivity index (χ0) is 15.9. The Kier molecular flexibility index (Phi) is 5.02. The lowest BCUT2D eigenvalue weighted by molar-refractivity contribution is -0.120. The topological polar surface area (TPSA) is 93.1 Å². The normalized spacial score (nSPS) is 10.0. The van der Waals surface area contributed by atoms with Crippen LogP contribution < -0.4 is 16.2 Å². The maximum Gasteiger partial charge on any atom is 0.321 e. The Morgan fingerprint density at radius 3 is 2.55 bits per heavy atom. The lowest BCUT2D eigenvalue weighted by Gasteiger charge is -2.08. The summed E-state index contributed by atoms with van der Waals surface area (Å²) in [5.74, 6) is -0.606. The van der Waals surface area contributed by atoms with E-state index in [9.17, 15) is 14.4 Å². The molecule has 0 aliphatic rings. The highest BCUT2D eigenvalue weighted by Gasteiger charge is 2.10. The van der Waals surface area contributed by atoms with E-state index in [0.29, 0.717) is 12.2 Å². The summed E-state index contributed by atoms with van der Waals surface area (Å²) in [4.78, 5) is 34.8. The molecule has 3 amide bonds. The van der Waals surface area contributed by atoms with Crippen molar-refractivity contribution in [3.63, 3.8) is 0 Å². The summed E-state index contributed by atoms with van der Waals surface area (Å²) in [7, 11) is 0. The number of hydrogen-bond acceptors (Lipinski definition) is 4. The summed E-state index contributed by atoms with van der Waals surface area (Å²) in [5.41, 5.74) is 0.997. The largest absolute Gasteiger partial charge is 0.338 e. The molecular weight excluding hydrogens is 284 g/mol.